The Morgan fingerprint density at radius 3 is 1.86 bits per heavy atom. The van der Waals surface area contributed by atoms with Gasteiger partial charge in [-0.1, -0.05) is 0 Å². The third-order valence-corrected chi connectivity index (χ3v) is 2.23. The highest BCUT2D eigenvalue weighted by molar-refractivity contribution is 4.59. The van der Waals surface area contributed by atoms with Crippen molar-refractivity contribution in [1.82, 2.24) is 0 Å². The summed E-state index contributed by atoms with van der Waals surface area (Å²) in [6.07, 6.45) is 3.19. The summed E-state index contributed by atoms with van der Waals surface area (Å²) in [6.45, 7) is -0.0312. The summed E-state index contributed by atoms with van der Waals surface area (Å²) in [5, 5.41) is 35.5. The third kappa shape index (κ3) is 8.44. The number of aliphatic hydroxyl groups is 4. The molecule has 4 nitrogen and oxygen atoms in total. The lowest BCUT2D eigenvalue weighted by Gasteiger charge is -2.11. The first-order valence-corrected chi connectivity index (χ1v) is 5.28. The van der Waals surface area contributed by atoms with Crippen LogP contribution < -0.4 is 0 Å². The molecule has 0 fully saturated rings. The lowest BCUT2D eigenvalue weighted by molar-refractivity contribution is 0.0788. The molecule has 4 heteroatoms. The van der Waals surface area contributed by atoms with Gasteiger partial charge in [-0.15, -0.1) is 0 Å². The summed E-state index contributed by atoms with van der Waals surface area (Å²) < 4.78 is 0. The quantitative estimate of drug-likeness (QED) is 0.401. The fourth-order valence-corrected chi connectivity index (χ4v) is 1.32. The van der Waals surface area contributed by atoms with Crippen LogP contribution in [0.3, 0.4) is 0 Å². The van der Waals surface area contributed by atoms with Crippen LogP contribution in [-0.4, -0.2) is 45.8 Å². The second-order valence-electron chi connectivity index (χ2n) is 3.64. The summed E-state index contributed by atoms with van der Waals surface area (Å²) in [5.74, 6) is 0. The SMILES string of the molecule is OCCCCC(O)CCCC(O)CO. The minimum atomic E-state index is -0.653. The molecule has 0 bridgehead atoms. The van der Waals surface area contributed by atoms with Gasteiger partial charge in [-0.2, -0.15) is 0 Å². The molecule has 0 amide bonds. The highest BCUT2D eigenvalue weighted by Gasteiger charge is 2.06. The molecule has 2 unspecified atom stereocenters. The number of unbranched alkanes of at least 4 members (excludes halogenated alkanes) is 1. The lowest BCUT2D eigenvalue weighted by Crippen LogP contribution is -2.13. The Balaban J connectivity index is 3.21. The van der Waals surface area contributed by atoms with Gasteiger partial charge in [0.15, 0.2) is 0 Å². The van der Waals surface area contributed by atoms with E-state index < -0.39 is 6.10 Å². The Labute approximate surface area is 85.2 Å². The van der Waals surface area contributed by atoms with Crippen molar-refractivity contribution in [2.45, 2.75) is 50.7 Å². The molecule has 0 radical (unpaired) electrons. The molecule has 0 rings (SSSR count). The molecule has 0 heterocycles. The molecule has 0 aliphatic rings. The summed E-state index contributed by atoms with van der Waals surface area (Å²) in [6, 6.07) is 0. The molecule has 0 aliphatic heterocycles. The van der Waals surface area contributed by atoms with Crippen LogP contribution in [0.1, 0.15) is 38.5 Å². The molecular formula is C10H22O4. The average Bonchev–Trinajstić information content (AvgIpc) is 2.18. The van der Waals surface area contributed by atoms with Gasteiger partial charge in [0.25, 0.3) is 0 Å². The Bertz CT molecular complexity index is 119. The van der Waals surface area contributed by atoms with Crippen LogP contribution in [0.4, 0.5) is 0 Å². The first-order chi connectivity index (χ1) is 6.70. The van der Waals surface area contributed by atoms with E-state index in [1.807, 2.05) is 0 Å². The Morgan fingerprint density at radius 2 is 1.29 bits per heavy atom. The van der Waals surface area contributed by atoms with Crippen LogP contribution in [0.2, 0.25) is 0 Å². The fraction of sp³-hybridized carbons (Fsp3) is 1.00. The Kier molecular flexibility index (Phi) is 9.29. The maximum absolute atomic E-state index is 9.44. The molecule has 0 saturated carbocycles. The molecule has 0 saturated heterocycles. The van der Waals surface area contributed by atoms with Crippen LogP contribution >= 0.6 is 0 Å². The zero-order valence-electron chi connectivity index (χ0n) is 8.60. The van der Waals surface area contributed by atoms with Gasteiger partial charge in [0, 0.05) is 6.61 Å². The normalized spacial score (nSPS) is 15.4. The van der Waals surface area contributed by atoms with Gasteiger partial charge in [-0.25, -0.2) is 0 Å². The summed E-state index contributed by atoms with van der Waals surface area (Å²) in [4.78, 5) is 0. The summed E-state index contributed by atoms with van der Waals surface area (Å²) >= 11 is 0. The molecule has 14 heavy (non-hydrogen) atoms. The maximum Gasteiger partial charge on any atom is 0.0771 e. The number of hydrogen-bond donors (Lipinski definition) is 4. The van der Waals surface area contributed by atoms with Crippen molar-refractivity contribution in [3.8, 4) is 0 Å². The maximum atomic E-state index is 9.44. The van der Waals surface area contributed by atoms with E-state index in [9.17, 15) is 5.11 Å². The van der Waals surface area contributed by atoms with E-state index in [2.05, 4.69) is 0 Å². The van der Waals surface area contributed by atoms with Crippen LogP contribution in [-0.2, 0) is 0 Å². The molecule has 2 atom stereocenters. The van der Waals surface area contributed by atoms with E-state index in [4.69, 9.17) is 15.3 Å². The van der Waals surface area contributed by atoms with Gasteiger partial charge < -0.3 is 20.4 Å². The molecule has 0 aromatic heterocycles. The van der Waals surface area contributed by atoms with Gasteiger partial charge in [-0.3, -0.25) is 0 Å². The van der Waals surface area contributed by atoms with Crippen molar-refractivity contribution in [2.75, 3.05) is 13.2 Å². The van der Waals surface area contributed by atoms with Crippen molar-refractivity contribution >= 4 is 0 Å². The molecule has 4 N–H and O–H groups in total. The first kappa shape index (κ1) is 13.8. The fourth-order valence-electron chi connectivity index (χ4n) is 1.32. The van der Waals surface area contributed by atoms with Gasteiger partial charge in [-0.05, 0) is 38.5 Å². The molecule has 0 aromatic rings. The second-order valence-corrected chi connectivity index (χ2v) is 3.64. The van der Waals surface area contributed by atoms with Crippen LogP contribution in [0.5, 0.6) is 0 Å². The Hall–Kier alpha value is -0.160. The van der Waals surface area contributed by atoms with Crippen LogP contribution in [0.15, 0.2) is 0 Å². The average molecular weight is 206 g/mol. The van der Waals surface area contributed by atoms with Crippen molar-refractivity contribution in [3.63, 3.8) is 0 Å². The minimum Gasteiger partial charge on any atom is -0.396 e. The molecule has 0 aliphatic carbocycles. The molecule has 0 spiro atoms. The smallest absolute Gasteiger partial charge is 0.0771 e. The van der Waals surface area contributed by atoms with Gasteiger partial charge in [0.05, 0.1) is 18.8 Å². The summed E-state index contributed by atoms with van der Waals surface area (Å²) in [7, 11) is 0. The van der Waals surface area contributed by atoms with Crippen molar-refractivity contribution in [3.05, 3.63) is 0 Å². The number of hydrogen-bond acceptors (Lipinski definition) is 4. The van der Waals surface area contributed by atoms with E-state index in [0.29, 0.717) is 19.3 Å². The van der Waals surface area contributed by atoms with Crippen molar-refractivity contribution in [2.24, 2.45) is 0 Å². The predicted octanol–water partition coefficient (Wildman–Crippen LogP) is 0.0334. The van der Waals surface area contributed by atoms with Gasteiger partial charge in [0.2, 0.25) is 0 Å². The summed E-state index contributed by atoms with van der Waals surface area (Å²) in [5.41, 5.74) is 0. The highest BCUT2D eigenvalue weighted by atomic mass is 16.3. The van der Waals surface area contributed by atoms with Crippen molar-refractivity contribution < 1.29 is 20.4 Å². The zero-order chi connectivity index (χ0) is 10.8. The monoisotopic (exact) mass is 206 g/mol. The number of rotatable bonds is 9. The van der Waals surface area contributed by atoms with E-state index in [-0.39, 0.29) is 19.3 Å². The number of aliphatic hydroxyl groups excluding tert-OH is 4. The molecular weight excluding hydrogens is 184 g/mol. The second kappa shape index (κ2) is 9.40. The van der Waals surface area contributed by atoms with Crippen LogP contribution in [0, 0.1) is 0 Å². The predicted molar refractivity (Wildman–Crippen MR) is 53.9 cm³/mol. The first-order valence-electron chi connectivity index (χ1n) is 5.28. The van der Waals surface area contributed by atoms with Crippen LogP contribution in [0.25, 0.3) is 0 Å². The minimum absolute atomic E-state index is 0.177. The largest absolute Gasteiger partial charge is 0.396 e. The lowest BCUT2D eigenvalue weighted by atomic mass is 10.0. The Morgan fingerprint density at radius 1 is 0.714 bits per heavy atom. The van der Waals surface area contributed by atoms with Gasteiger partial charge in [0.1, 0.15) is 0 Å². The van der Waals surface area contributed by atoms with E-state index >= 15 is 0 Å². The van der Waals surface area contributed by atoms with E-state index in [0.717, 1.165) is 19.3 Å². The van der Waals surface area contributed by atoms with E-state index in [1.165, 1.54) is 0 Å². The zero-order valence-corrected chi connectivity index (χ0v) is 8.60. The topological polar surface area (TPSA) is 80.9 Å². The van der Waals surface area contributed by atoms with E-state index in [1.54, 1.807) is 0 Å². The van der Waals surface area contributed by atoms with Gasteiger partial charge >= 0.3 is 0 Å². The molecule has 86 valence electrons. The molecule has 0 aromatic carbocycles. The standard InChI is InChI=1S/C10H22O4/c11-7-2-1-4-9(13)5-3-6-10(14)8-12/h9-14H,1-8H2. The van der Waals surface area contributed by atoms with Crippen molar-refractivity contribution in [1.29, 1.82) is 0 Å². The third-order valence-electron chi connectivity index (χ3n) is 2.23. The highest BCUT2D eigenvalue weighted by Crippen LogP contribution is 2.09.